The fraction of sp³-hybridized carbons (Fsp3) is 0.615. The molecule has 3 aromatic carbocycles. The molecule has 1 N–H and O–H groups in total. The minimum absolute atomic E-state index is 0.00706. The Bertz CT molecular complexity index is 2630. The molecular formula is C65H95F3N6O10. The highest BCUT2D eigenvalue weighted by molar-refractivity contribution is 5.80. The van der Waals surface area contributed by atoms with Gasteiger partial charge in [-0.1, -0.05) is 67.1 Å². The van der Waals surface area contributed by atoms with Crippen molar-refractivity contribution in [2.24, 2.45) is 0 Å². The molecule has 466 valence electrons. The van der Waals surface area contributed by atoms with Crippen LogP contribution < -0.4 is 10.1 Å². The molecule has 19 heteroatoms. The van der Waals surface area contributed by atoms with Gasteiger partial charge in [0.1, 0.15) is 34.2 Å². The standard InChI is InChI=1S/C65H95F3N6O10/c1-47-48(24-21-25-52(47)49-22-15-14-16-23-49)27-28-50-41-55(51(40-53(50)65(66,67)68)42-74-30-19-17-26-54(74)60(79)84-64(11,12)13)80-39-20-18-29-69-56(75)43-70-31-33-71(44-57(76)81-61(2,3)4)35-37-73(46-59(78)83-63(8,9)10)38-36-72(34-32-70)45-58(77)82-62(5,6)7/h14-16,21-25,27-28,40-41,54H,17-20,26,29-39,42-46H2,1-13H3,(H,69,75)/b28-27+/t54-/m0/s1. The maximum absolute atomic E-state index is 15.2. The molecule has 5 rings (SSSR count). The number of likely N-dealkylation sites (tertiary alicyclic amines) is 1. The number of hydrogen-bond acceptors (Lipinski definition) is 15. The van der Waals surface area contributed by atoms with E-state index in [1.165, 1.54) is 12.1 Å². The van der Waals surface area contributed by atoms with Crippen LogP contribution in [0.15, 0.2) is 60.7 Å². The zero-order valence-electron chi connectivity index (χ0n) is 52.3. The van der Waals surface area contributed by atoms with Gasteiger partial charge in [0.05, 0.1) is 38.3 Å². The third kappa shape index (κ3) is 25.0. The molecule has 0 aliphatic carbocycles. The van der Waals surface area contributed by atoms with Gasteiger partial charge in [-0.15, -0.1) is 0 Å². The van der Waals surface area contributed by atoms with E-state index in [-0.39, 0.29) is 62.5 Å². The van der Waals surface area contributed by atoms with Crippen molar-refractivity contribution in [3.8, 4) is 16.9 Å². The Morgan fingerprint density at radius 1 is 0.571 bits per heavy atom. The molecule has 2 aliphatic heterocycles. The zero-order chi connectivity index (χ0) is 62.0. The van der Waals surface area contributed by atoms with Crippen molar-refractivity contribution in [3.05, 3.63) is 88.5 Å². The van der Waals surface area contributed by atoms with Gasteiger partial charge >= 0.3 is 30.1 Å². The average Bonchev–Trinajstić information content (AvgIpc) is 2.40. The quantitative estimate of drug-likeness (QED) is 0.0493. The van der Waals surface area contributed by atoms with Crippen molar-refractivity contribution in [1.29, 1.82) is 0 Å². The van der Waals surface area contributed by atoms with Crippen LogP contribution in [-0.4, -0.2) is 181 Å². The Labute approximate surface area is 497 Å². The first-order valence-corrected chi connectivity index (χ1v) is 29.7. The number of carbonyl (C=O) groups excluding carboxylic acids is 5. The van der Waals surface area contributed by atoms with Gasteiger partial charge in [-0.2, -0.15) is 13.2 Å². The lowest BCUT2D eigenvalue weighted by Gasteiger charge is -2.36. The zero-order valence-corrected chi connectivity index (χ0v) is 52.3. The smallest absolute Gasteiger partial charge is 0.417 e. The van der Waals surface area contributed by atoms with E-state index in [4.69, 9.17) is 23.7 Å². The maximum Gasteiger partial charge on any atom is 0.417 e. The predicted molar refractivity (Wildman–Crippen MR) is 322 cm³/mol. The molecule has 2 aliphatic rings. The number of benzene rings is 3. The summed E-state index contributed by atoms with van der Waals surface area (Å²) in [5, 5.41) is 3.03. The number of ether oxygens (including phenoxy) is 5. The molecule has 0 unspecified atom stereocenters. The Morgan fingerprint density at radius 3 is 1.55 bits per heavy atom. The molecule has 0 spiro atoms. The number of esters is 4. The van der Waals surface area contributed by atoms with Crippen LogP contribution in [0.25, 0.3) is 23.3 Å². The molecule has 16 nitrogen and oxygen atoms in total. The van der Waals surface area contributed by atoms with Crippen molar-refractivity contribution in [1.82, 2.24) is 29.8 Å². The molecular weight excluding hydrogens is 1080 g/mol. The summed E-state index contributed by atoms with van der Waals surface area (Å²) in [7, 11) is 0. The first kappa shape index (κ1) is 68.9. The molecule has 0 radical (unpaired) electrons. The summed E-state index contributed by atoms with van der Waals surface area (Å²) < 4.78 is 74.8. The third-order valence-electron chi connectivity index (χ3n) is 13.9. The van der Waals surface area contributed by atoms with Gasteiger partial charge in [-0.25, -0.2) is 0 Å². The van der Waals surface area contributed by atoms with Gasteiger partial charge in [-0.05, 0) is 162 Å². The lowest BCUT2D eigenvalue weighted by molar-refractivity contribution is -0.163. The van der Waals surface area contributed by atoms with Crippen LogP contribution in [0, 0.1) is 6.92 Å². The fourth-order valence-electron chi connectivity index (χ4n) is 10.0. The van der Waals surface area contributed by atoms with Crippen molar-refractivity contribution >= 4 is 41.9 Å². The molecule has 1 atom stereocenters. The van der Waals surface area contributed by atoms with Gasteiger partial charge in [0, 0.05) is 71.0 Å². The van der Waals surface area contributed by atoms with Crippen LogP contribution in [0.3, 0.4) is 0 Å². The van der Waals surface area contributed by atoms with Crippen LogP contribution in [0.5, 0.6) is 5.75 Å². The van der Waals surface area contributed by atoms with E-state index in [9.17, 15) is 24.0 Å². The summed E-state index contributed by atoms with van der Waals surface area (Å²) in [5.41, 5.74) is 0.214. The fourth-order valence-corrected chi connectivity index (χ4v) is 10.0. The molecule has 2 heterocycles. The second-order valence-corrected chi connectivity index (χ2v) is 26.0. The van der Waals surface area contributed by atoms with E-state index in [0.29, 0.717) is 90.3 Å². The second kappa shape index (κ2) is 31.0. The van der Waals surface area contributed by atoms with Gasteiger partial charge in [0.15, 0.2) is 0 Å². The monoisotopic (exact) mass is 1180 g/mol. The Kier molecular flexibility index (Phi) is 25.4. The highest BCUT2D eigenvalue weighted by Gasteiger charge is 2.37. The van der Waals surface area contributed by atoms with Crippen molar-refractivity contribution in [3.63, 3.8) is 0 Å². The molecule has 0 saturated carbocycles. The highest BCUT2D eigenvalue weighted by Crippen LogP contribution is 2.39. The van der Waals surface area contributed by atoms with Gasteiger partial charge in [-0.3, -0.25) is 48.5 Å². The summed E-state index contributed by atoms with van der Waals surface area (Å²) >= 11 is 0. The van der Waals surface area contributed by atoms with Gasteiger partial charge < -0.3 is 29.0 Å². The third-order valence-corrected chi connectivity index (χ3v) is 13.9. The number of nitrogens with zero attached hydrogens (tertiary/aromatic N) is 5. The van der Waals surface area contributed by atoms with Crippen LogP contribution in [0.4, 0.5) is 13.2 Å². The summed E-state index contributed by atoms with van der Waals surface area (Å²) in [5.74, 6) is -1.58. The lowest BCUT2D eigenvalue weighted by Crippen LogP contribution is -2.50. The highest BCUT2D eigenvalue weighted by atomic mass is 19.4. The summed E-state index contributed by atoms with van der Waals surface area (Å²) in [6, 6.07) is 17.5. The SMILES string of the molecule is Cc1c(/C=C/c2cc(OCCCCNC(=O)CN3CCN(CC(=O)OC(C)(C)C)CCN(CC(=O)OC(C)(C)C)CCN(CC(=O)OC(C)(C)C)CC3)c(CN3CCCC[C@H]3C(=O)OC(C)(C)C)cc2C(F)(F)F)cccc1-c1ccccc1. The Morgan fingerprint density at radius 2 is 1.06 bits per heavy atom. The number of carbonyl (C=O) groups is 5. The molecule has 2 saturated heterocycles. The predicted octanol–water partition coefficient (Wildman–Crippen LogP) is 10.1. The van der Waals surface area contributed by atoms with Gasteiger partial charge in [0.25, 0.3) is 0 Å². The number of alkyl halides is 3. The van der Waals surface area contributed by atoms with Crippen LogP contribution in [0.2, 0.25) is 0 Å². The minimum atomic E-state index is -4.71. The largest absolute Gasteiger partial charge is 0.493 e. The first-order chi connectivity index (χ1) is 39.2. The summed E-state index contributed by atoms with van der Waals surface area (Å²) in [6.45, 7) is 27.7. The molecule has 0 aromatic heterocycles. The Balaban J connectivity index is 1.33. The molecule has 3 aromatic rings. The van der Waals surface area contributed by atoms with E-state index < -0.39 is 58.1 Å². The molecule has 1 amide bonds. The van der Waals surface area contributed by atoms with E-state index in [0.717, 1.165) is 41.2 Å². The molecule has 2 fully saturated rings. The molecule has 0 bridgehead atoms. The number of rotatable bonds is 20. The average molecular weight is 1180 g/mol. The maximum atomic E-state index is 15.2. The first-order valence-electron chi connectivity index (χ1n) is 29.7. The van der Waals surface area contributed by atoms with Crippen molar-refractivity contribution < 1.29 is 60.8 Å². The number of piperidine rings is 1. The van der Waals surface area contributed by atoms with Gasteiger partial charge in [0.2, 0.25) is 5.91 Å². The number of unbranched alkanes of at least 4 members (excludes halogenated alkanes) is 1. The minimum Gasteiger partial charge on any atom is -0.493 e. The van der Waals surface area contributed by atoms with E-state index in [2.05, 4.69) is 5.32 Å². The van der Waals surface area contributed by atoms with Crippen molar-refractivity contribution in [2.45, 2.75) is 163 Å². The number of amides is 1. The number of halogens is 3. The Hall–Kier alpha value is -5.86. The van der Waals surface area contributed by atoms with Crippen molar-refractivity contribution in [2.75, 3.05) is 98.2 Å². The summed E-state index contributed by atoms with van der Waals surface area (Å²) in [4.78, 5) is 76.6. The summed E-state index contributed by atoms with van der Waals surface area (Å²) in [6.07, 6.45) is 1.47. The topological polar surface area (TPSA) is 160 Å². The van der Waals surface area contributed by atoms with Crippen LogP contribution in [0.1, 0.15) is 143 Å². The normalized spacial score (nSPS) is 17.5. The van der Waals surface area contributed by atoms with E-state index >= 15 is 13.2 Å². The van der Waals surface area contributed by atoms with E-state index in [1.807, 2.05) is 101 Å². The molecule has 84 heavy (non-hydrogen) atoms. The number of nitrogens with one attached hydrogen (secondary N) is 1. The number of hydrogen-bond donors (Lipinski definition) is 1. The second-order valence-electron chi connectivity index (χ2n) is 26.0. The lowest BCUT2D eigenvalue weighted by atomic mass is 9.95. The van der Waals surface area contributed by atoms with Crippen LogP contribution >= 0.6 is 0 Å². The van der Waals surface area contributed by atoms with E-state index in [1.54, 1.807) is 68.4 Å². The van der Waals surface area contributed by atoms with Crippen LogP contribution in [-0.2, 0) is 55.6 Å².